The first-order chi connectivity index (χ1) is 14.7. The molecule has 0 amide bonds. The predicted octanol–water partition coefficient (Wildman–Crippen LogP) is 8.01. The van der Waals surface area contributed by atoms with Gasteiger partial charge >= 0.3 is 0 Å². The summed E-state index contributed by atoms with van der Waals surface area (Å²) in [4.78, 5) is 0. The summed E-state index contributed by atoms with van der Waals surface area (Å²) in [5.41, 5.74) is 1.32. The van der Waals surface area contributed by atoms with E-state index in [2.05, 4.69) is 64.8 Å². The molecule has 2 aromatic carbocycles. The molecule has 162 valence electrons. The molecule has 0 aliphatic rings. The van der Waals surface area contributed by atoms with Crippen LogP contribution in [0.5, 0.6) is 0 Å². The maximum Gasteiger partial charge on any atom is 0.255 e. The molecule has 0 fully saturated rings. The molecule has 4 heteroatoms. The van der Waals surface area contributed by atoms with Crippen molar-refractivity contribution in [3.8, 4) is 0 Å². The molecule has 0 unspecified atom stereocenters. The molecule has 3 rings (SSSR count). The Kier molecular flexibility index (Phi) is 9.55. The van der Waals surface area contributed by atoms with Gasteiger partial charge in [0.25, 0.3) is 10.3 Å². The fraction of sp³-hybridized carbons (Fsp3) is 0.500. The highest BCUT2D eigenvalue weighted by Crippen LogP contribution is 2.21. The Bertz CT molecular complexity index is 917. The SMILES string of the molecule is CCCCCCCCCCC[n+]1cn(CCc2ccc3ccccc3c2)c(Cl)c1Cl. The van der Waals surface area contributed by atoms with E-state index in [4.69, 9.17) is 23.2 Å². The molecule has 0 N–H and O–H groups in total. The highest BCUT2D eigenvalue weighted by Gasteiger charge is 2.19. The van der Waals surface area contributed by atoms with E-state index in [-0.39, 0.29) is 0 Å². The van der Waals surface area contributed by atoms with E-state index in [1.165, 1.54) is 67.7 Å². The zero-order chi connectivity index (χ0) is 21.2. The normalized spacial score (nSPS) is 11.4. The van der Waals surface area contributed by atoms with Crippen LogP contribution in [0.1, 0.15) is 70.3 Å². The first-order valence-corrected chi connectivity index (χ1v) is 12.4. The Morgan fingerprint density at radius 2 is 1.47 bits per heavy atom. The van der Waals surface area contributed by atoms with Crippen LogP contribution < -0.4 is 4.57 Å². The van der Waals surface area contributed by atoms with Crippen molar-refractivity contribution in [1.29, 1.82) is 0 Å². The number of halogens is 2. The minimum atomic E-state index is 0.647. The number of fused-ring (bicyclic) bond motifs is 1. The smallest absolute Gasteiger partial charge is 0.219 e. The molecule has 0 radical (unpaired) electrons. The van der Waals surface area contributed by atoms with Gasteiger partial charge in [0, 0.05) is 6.42 Å². The number of unbranched alkanes of at least 4 members (excludes halogenated alkanes) is 8. The first kappa shape index (κ1) is 23.2. The van der Waals surface area contributed by atoms with Crippen LogP contribution in [0.4, 0.5) is 0 Å². The fourth-order valence-corrected chi connectivity index (χ4v) is 4.53. The zero-order valence-corrected chi connectivity index (χ0v) is 19.8. The second-order valence-corrected chi connectivity index (χ2v) is 9.06. The van der Waals surface area contributed by atoms with Gasteiger partial charge in [0.05, 0.1) is 13.1 Å². The van der Waals surface area contributed by atoms with Crippen molar-refractivity contribution >= 4 is 34.0 Å². The molecule has 0 aliphatic heterocycles. The molecule has 0 spiro atoms. The zero-order valence-electron chi connectivity index (χ0n) is 18.3. The molecular weight excluding hydrogens is 411 g/mol. The Hall–Kier alpha value is -1.51. The number of aromatic nitrogens is 2. The number of rotatable bonds is 13. The van der Waals surface area contributed by atoms with Crippen molar-refractivity contribution in [3.05, 3.63) is 64.7 Å². The fourth-order valence-electron chi connectivity index (χ4n) is 4.06. The molecule has 0 bridgehead atoms. The van der Waals surface area contributed by atoms with Gasteiger partial charge in [-0.1, -0.05) is 94.3 Å². The molecule has 0 atom stereocenters. The van der Waals surface area contributed by atoms with Crippen molar-refractivity contribution < 1.29 is 4.57 Å². The lowest BCUT2D eigenvalue weighted by Crippen LogP contribution is -2.32. The number of benzene rings is 2. The molecule has 1 heterocycles. The van der Waals surface area contributed by atoms with Gasteiger partial charge in [-0.2, -0.15) is 0 Å². The maximum absolute atomic E-state index is 6.51. The molecule has 2 nitrogen and oxygen atoms in total. The van der Waals surface area contributed by atoms with Crippen molar-refractivity contribution in [3.63, 3.8) is 0 Å². The minimum Gasteiger partial charge on any atom is -0.219 e. The van der Waals surface area contributed by atoms with Crippen LogP contribution in [0.2, 0.25) is 10.3 Å². The van der Waals surface area contributed by atoms with Gasteiger partial charge in [0.15, 0.2) is 0 Å². The summed E-state index contributed by atoms with van der Waals surface area (Å²) < 4.78 is 4.18. The van der Waals surface area contributed by atoms with Crippen molar-refractivity contribution in [1.82, 2.24) is 4.57 Å². The average Bonchev–Trinajstić information content (AvgIpc) is 3.04. The highest BCUT2D eigenvalue weighted by atomic mass is 35.5. The Morgan fingerprint density at radius 3 is 2.20 bits per heavy atom. The number of nitrogens with zero attached hydrogens (tertiary/aromatic N) is 2. The van der Waals surface area contributed by atoms with E-state index in [0.717, 1.165) is 25.9 Å². The number of hydrogen-bond acceptors (Lipinski definition) is 0. The lowest BCUT2D eigenvalue weighted by atomic mass is 10.1. The molecule has 3 aromatic rings. The Morgan fingerprint density at radius 1 is 0.800 bits per heavy atom. The van der Waals surface area contributed by atoms with Gasteiger partial charge in [-0.3, -0.25) is 0 Å². The summed E-state index contributed by atoms with van der Waals surface area (Å²) in [7, 11) is 0. The van der Waals surface area contributed by atoms with E-state index >= 15 is 0 Å². The van der Waals surface area contributed by atoms with Gasteiger partial charge in [0.2, 0.25) is 6.33 Å². The monoisotopic (exact) mass is 445 g/mol. The quantitative estimate of drug-likeness (QED) is 0.186. The molecule has 1 aromatic heterocycles. The second-order valence-electron chi connectivity index (χ2n) is 8.34. The standard InChI is InChI=1S/C26H35Cl2N2/c1-2-3-4-5-6-7-8-9-12-18-29-21-30(26(28)25(29)27)19-17-22-15-16-23-13-10-11-14-24(23)20-22/h10-11,13-16,20-21H,2-9,12,17-19H2,1H3/q+1. The van der Waals surface area contributed by atoms with Gasteiger partial charge < -0.3 is 0 Å². The molecule has 0 saturated heterocycles. The van der Waals surface area contributed by atoms with E-state index in [1.54, 1.807) is 0 Å². The third-order valence-corrected chi connectivity index (χ3v) is 6.80. The summed E-state index contributed by atoms with van der Waals surface area (Å²) in [6.07, 6.45) is 15.0. The largest absolute Gasteiger partial charge is 0.255 e. The van der Waals surface area contributed by atoms with Crippen LogP contribution >= 0.6 is 23.2 Å². The van der Waals surface area contributed by atoms with Gasteiger partial charge in [-0.05, 0) is 52.4 Å². The number of aryl methyl sites for hydroxylation is 3. The molecular formula is C26H35Cl2N2+. The Balaban J connectivity index is 1.44. The summed E-state index contributed by atoms with van der Waals surface area (Å²) in [5.74, 6) is 0. The lowest BCUT2D eigenvalue weighted by molar-refractivity contribution is -0.694. The van der Waals surface area contributed by atoms with E-state index < -0.39 is 0 Å². The minimum absolute atomic E-state index is 0.647. The third kappa shape index (κ3) is 6.75. The lowest BCUT2D eigenvalue weighted by Gasteiger charge is -2.03. The van der Waals surface area contributed by atoms with E-state index in [9.17, 15) is 0 Å². The van der Waals surface area contributed by atoms with Crippen LogP contribution in [0.25, 0.3) is 10.8 Å². The summed E-state index contributed by atoms with van der Waals surface area (Å²) in [5, 5.41) is 3.87. The highest BCUT2D eigenvalue weighted by molar-refractivity contribution is 6.39. The van der Waals surface area contributed by atoms with Gasteiger partial charge in [0.1, 0.15) is 0 Å². The predicted molar refractivity (Wildman–Crippen MR) is 130 cm³/mol. The van der Waals surface area contributed by atoms with Crippen molar-refractivity contribution in [2.45, 2.75) is 84.2 Å². The maximum atomic E-state index is 6.51. The number of hydrogen-bond donors (Lipinski definition) is 0. The van der Waals surface area contributed by atoms with Gasteiger partial charge in [-0.25, -0.2) is 9.13 Å². The van der Waals surface area contributed by atoms with Crippen LogP contribution in [0, 0.1) is 0 Å². The second kappa shape index (κ2) is 12.4. The van der Waals surface area contributed by atoms with Gasteiger partial charge in [-0.15, -0.1) is 0 Å². The number of imidazole rings is 1. The topological polar surface area (TPSA) is 8.81 Å². The van der Waals surface area contributed by atoms with Crippen molar-refractivity contribution in [2.75, 3.05) is 0 Å². The van der Waals surface area contributed by atoms with E-state index in [1.807, 2.05) is 0 Å². The average molecular weight is 446 g/mol. The van der Waals surface area contributed by atoms with Crippen LogP contribution in [0.3, 0.4) is 0 Å². The van der Waals surface area contributed by atoms with Crippen LogP contribution in [-0.2, 0) is 19.5 Å². The van der Waals surface area contributed by atoms with Crippen molar-refractivity contribution in [2.24, 2.45) is 0 Å². The third-order valence-electron chi connectivity index (χ3n) is 5.91. The summed E-state index contributed by atoms with van der Waals surface area (Å²) in [6, 6.07) is 15.1. The molecule has 0 aliphatic carbocycles. The van der Waals surface area contributed by atoms with Crippen LogP contribution in [-0.4, -0.2) is 4.57 Å². The van der Waals surface area contributed by atoms with Crippen LogP contribution in [0.15, 0.2) is 48.8 Å². The summed E-state index contributed by atoms with van der Waals surface area (Å²) >= 11 is 13.0. The van der Waals surface area contributed by atoms with E-state index in [0.29, 0.717) is 10.3 Å². The molecule has 30 heavy (non-hydrogen) atoms. The molecule has 0 saturated carbocycles. The Labute approximate surface area is 191 Å². The summed E-state index contributed by atoms with van der Waals surface area (Å²) in [6.45, 7) is 4.05. The first-order valence-electron chi connectivity index (χ1n) is 11.6.